The van der Waals surface area contributed by atoms with Gasteiger partial charge in [-0.05, 0) is 65.3 Å². The Morgan fingerprint density at radius 1 is 1.00 bits per heavy atom. The predicted molar refractivity (Wildman–Crippen MR) is 133 cm³/mol. The summed E-state index contributed by atoms with van der Waals surface area (Å²) in [6, 6.07) is 14.0. The van der Waals surface area contributed by atoms with E-state index < -0.39 is 29.8 Å². The summed E-state index contributed by atoms with van der Waals surface area (Å²) in [5.74, 6) is -1.49. The molecular formula is C29H30F2O6. The SMILES string of the molecule is COC(=O)C[C@@H](O)c1cccc(OCc2ccc(-c3cc(OC)ccc3F)c([C@H](O)C3(C)CC3)c2)c1F. The predicted octanol–water partition coefficient (Wildman–Crippen LogP) is 5.65. The van der Waals surface area contributed by atoms with Crippen LogP contribution in [0, 0.1) is 17.0 Å². The Bertz CT molecular complexity index is 1290. The highest BCUT2D eigenvalue weighted by atomic mass is 19.1. The average Bonchev–Trinajstić information content (AvgIpc) is 3.66. The summed E-state index contributed by atoms with van der Waals surface area (Å²) in [5, 5.41) is 21.4. The highest BCUT2D eigenvalue weighted by molar-refractivity contribution is 5.71. The Morgan fingerprint density at radius 2 is 1.76 bits per heavy atom. The van der Waals surface area contributed by atoms with Gasteiger partial charge in [0.15, 0.2) is 11.6 Å². The minimum atomic E-state index is -1.38. The number of methoxy groups -OCH3 is 2. The van der Waals surface area contributed by atoms with Crippen LogP contribution in [0.4, 0.5) is 8.78 Å². The quantitative estimate of drug-likeness (QED) is 0.342. The number of hydrogen-bond donors (Lipinski definition) is 2. The molecule has 1 aliphatic carbocycles. The van der Waals surface area contributed by atoms with E-state index in [1.54, 1.807) is 24.3 Å². The van der Waals surface area contributed by atoms with Gasteiger partial charge in [0.2, 0.25) is 0 Å². The largest absolute Gasteiger partial charge is 0.497 e. The molecule has 6 nitrogen and oxygen atoms in total. The van der Waals surface area contributed by atoms with Crippen LogP contribution in [0.2, 0.25) is 0 Å². The lowest BCUT2D eigenvalue weighted by atomic mass is 9.87. The second kappa shape index (κ2) is 10.9. The normalized spacial score (nSPS) is 15.5. The summed E-state index contributed by atoms with van der Waals surface area (Å²) >= 11 is 0. The van der Waals surface area contributed by atoms with Crippen LogP contribution in [-0.2, 0) is 16.1 Å². The second-order valence-electron chi connectivity index (χ2n) is 9.57. The number of halogens is 2. The van der Waals surface area contributed by atoms with E-state index in [9.17, 15) is 19.4 Å². The number of hydrogen-bond acceptors (Lipinski definition) is 6. The van der Waals surface area contributed by atoms with Gasteiger partial charge in [-0.25, -0.2) is 8.78 Å². The number of aliphatic hydroxyl groups excluding tert-OH is 2. The Morgan fingerprint density at radius 3 is 2.43 bits per heavy atom. The molecule has 2 atom stereocenters. The highest BCUT2D eigenvalue weighted by Crippen LogP contribution is 2.55. The Labute approximate surface area is 214 Å². The number of benzene rings is 3. The van der Waals surface area contributed by atoms with Crippen LogP contribution in [0.5, 0.6) is 11.5 Å². The number of carbonyl (C=O) groups excluding carboxylic acids is 1. The van der Waals surface area contributed by atoms with Gasteiger partial charge in [0.25, 0.3) is 0 Å². The molecule has 0 radical (unpaired) electrons. The minimum absolute atomic E-state index is 0.0369. The lowest BCUT2D eigenvalue weighted by Gasteiger charge is -2.23. The standard InChI is InChI=1S/C29H30F2O6/c1-29(11-12-29)28(34)22-13-17(7-9-19(22)21-14-18(35-2)8-10-23(21)30)16-37-25-6-4-5-20(27(25)31)24(32)15-26(33)36-3/h4-10,13-14,24,28,32,34H,11-12,15-16H2,1-3H3/t24-,28+/m1/s1. The molecule has 1 saturated carbocycles. The van der Waals surface area contributed by atoms with Crippen molar-refractivity contribution in [3.8, 4) is 22.6 Å². The maximum Gasteiger partial charge on any atom is 0.308 e. The molecule has 0 spiro atoms. The second-order valence-corrected chi connectivity index (χ2v) is 9.57. The first-order chi connectivity index (χ1) is 17.7. The first-order valence-corrected chi connectivity index (χ1v) is 12.0. The van der Waals surface area contributed by atoms with Crippen LogP contribution in [0.3, 0.4) is 0 Å². The third-order valence-electron chi connectivity index (χ3n) is 6.91. The Balaban J connectivity index is 1.62. The van der Waals surface area contributed by atoms with Gasteiger partial charge in [0.1, 0.15) is 18.2 Å². The summed E-state index contributed by atoms with van der Waals surface area (Å²) in [6.45, 7) is 1.94. The highest BCUT2D eigenvalue weighted by Gasteiger charge is 2.45. The number of ether oxygens (including phenoxy) is 3. The van der Waals surface area contributed by atoms with Crippen molar-refractivity contribution in [2.24, 2.45) is 5.41 Å². The molecule has 0 bridgehead atoms. The van der Waals surface area contributed by atoms with Crippen LogP contribution in [0.25, 0.3) is 11.1 Å². The molecule has 0 unspecified atom stereocenters. The molecule has 37 heavy (non-hydrogen) atoms. The number of carbonyl (C=O) groups is 1. The van der Waals surface area contributed by atoms with Crippen LogP contribution in [0.15, 0.2) is 54.6 Å². The van der Waals surface area contributed by atoms with E-state index in [0.29, 0.717) is 28.0 Å². The van der Waals surface area contributed by atoms with Gasteiger partial charge in [-0.15, -0.1) is 0 Å². The van der Waals surface area contributed by atoms with E-state index in [1.807, 2.05) is 6.92 Å². The number of aliphatic hydroxyl groups is 2. The van der Waals surface area contributed by atoms with Gasteiger partial charge in [-0.2, -0.15) is 0 Å². The number of esters is 1. The fourth-order valence-electron chi connectivity index (χ4n) is 4.27. The van der Waals surface area contributed by atoms with E-state index >= 15 is 4.39 Å². The fourth-order valence-corrected chi connectivity index (χ4v) is 4.27. The first kappa shape index (κ1) is 26.6. The smallest absolute Gasteiger partial charge is 0.308 e. The Kier molecular flexibility index (Phi) is 7.80. The lowest BCUT2D eigenvalue weighted by Crippen LogP contribution is -2.12. The van der Waals surface area contributed by atoms with Crippen LogP contribution in [-0.4, -0.2) is 30.4 Å². The maximum absolute atomic E-state index is 15.0. The lowest BCUT2D eigenvalue weighted by molar-refractivity contribution is -0.142. The van der Waals surface area contributed by atoms with Crippen molar-refractivity contribution < 1.29 is 38.0 Å². The average molecular weight is 513 g/mol. The zero-order valence-corrected chi connectivity index (χ0v) is 21.0. The van der Waals surface area contributed by atoms with E-state index in [4.69, 9.17) is 9.47 Å². The molecule has 0 amide bonds. The molecule has 4 rings (SSSR count). The molecular weight excluding hydrogens is 482 g/mol. The van der Waals surface area contributed by atoms with Gasteiger partial charge in [-0.3, -0.25) is 4.79 Å². The molecule has 2 N–H and O–H groups in total. The van der Waals surface area contributed by atoms with Crippen molar-refractivity contribution in [3.63, 3.8) is 0 Å². The van der Waals surface area contributed by atoms with Gasteiger partial charge in [0, 0.05) is 11.1 Å². The van der Waals surface area contributed by atoms with Crippen molar-refractivity contribution in [1.82, 2.24) is 0 Å². The summed E-state index contributed by atoms with van der Waals surface area (Å²) in [4.78, 5) is 11.5. The topological polar surface area (TPSA) is 85.2 Å². The van der Waals surface area contributed by atoms with Gasteiger partial charge in [-0.1, -0.05) is 31.2 Å². The van der Waals surface area contributed by atoms with Crippen LogP contribution in [0.1, 0.15) is 55.1 Å². The molecule has 1 aliphatic rings. The maximum atomic E-state index is 15.0. The molecule has 3 aromatic rings. The first-order valence-electron chi connectivity index (χ1n) is 12.0. The molecule has 1 fully saturated rings. The molecule has 0 aromatic heterocycles. The third-order valence-corrected chi connectivity index (χ3v) is 6.91. The summed E-state index contributed by atoms with van der Waals surface area (Å²) in [5.41, 5.74) is 1.66. The van der Waals surface area contributed by atoms with Gasteiger partial charge in [0.05, 0.1) is 32.8 Å². The molecule has 0 aliphatic heterocycles. The monoisotopic (exact) mass is 512 g/mol. The molecule has 0 saturated heterocycles. The van der Waals surface area contributed by atoms with Gasteiger partial charge >= 0.3 is 5.97 Å². The molecule has 8 heteroatoms. The third kappa shape index (κ3) is 5.76. The van der Waals surface area contributed by atoms with Crippen molar-refractivity contribution in [1.29, 1.82) is 0 Å². The van der Waals surface area contributed by atoms with E-state index in [-0.39, 0.29) is 29.8 Å². The summed E-state index contributed by atoms with van der Waals surface area (Å²) in [6.07, 6.45) is -0.906. The molecule has 0 heterocycles. The van der Waals surface area contributed by atoms with Crippen LogP contribution >= 0.6 is 0 Å². The van der Waals surface area contributed by atoms with Crippen molar-refractivity contribution in [2.75, 3.05) is 14.2 Å². The van der Waals surface area contributed by atoms with Crippen molar-refractivity contribution in [2.45, 2.75) is 45.0 Å². The van der Waals surface area contributed by atoms with E-state index in [0.717, 1.165) is 12.8 Å². The zero-order valence-electron chi connectivity index (χ0n) is 21.0. The van der Waals surface area contributed by atoms with Crippen LogP contribution < -0.4 is 9.47 Å². The Hall–Kier alpha value is -3.49. The van der Waals surface area contributed by atoms with Crippen molar-refractivity contribution >= 4 is 5.97 Å². The molecule has 3 aromatic carbocycles. The summed E-state index contributed by atoms with van der Waals surface area (Å²) in [7, 11) is 2.69. The van der Waals surface area contributed by atoms with Gasteiger partial charge < -0.3 is 24.4 Å². The fraction of sp³-hybridized carbons (Fsp3) is 0.345. The van der Waals surface area contributed by atoms with E-state index in [1.165, 1.54) is 44.6 Å². The molecule has 196 valence electrons. The zero-order chi connectivity index (χ0) is 26.7. The minimum Gasteiger partial charge on any atom is -0.497 e. The van der Waals surface area contributed by atoms with E-state index in [2.05, 4.69) is 4.74 Å². The summed E-state index contributed by atoms with van der Waals surface area (Å²) < 4.78 is 45.3. The van der Waals surface area contributed by atoms with Crippen molar-refractivity contribution in [3.05, 3.63) is 82.9 Å². The number of rotatable bonds is 10.